The summed E-state index contributed by atoms with van der Waals surface area (Å²) in [7, 11) is 0. The number of nitrogens with zero attached hydrogens (tertiary/aromatic N) is 1. The van der Waals surface area contributed by atoms with Crippen LogP contribution in [0.1, 0.15) is 25.0 Å². The van der Waals surface area contributed by atoms with E-state index in [9.17, 15) is 0 Å². The van der Waals surface area contributed by atoms with E-state index in [4.69, 9.17) is 10.4 Å². The van der Waals surface area contributed by atoms with Crippen molar-refractivity contribution in [3.63, 3.8) is 0 Å². The fourth-order valence-electron chi connectivity index (χ4n) is 0.739. The third-order valence-corrected chi connectivity index (χ3v) is 1.27. The third-order valence-electron chi connectivity index (χ3n) is 1.27. The number of nitriles is 1. The van der Waals surface area contributed by atoms with Crippen LogP contribution in [-0.4, -0.2) is 5.11 Å². The molecule has 0 fully saturated rings. The van der Waals surface area contributed by atoms with Crippen LogP contribution in [0.3, 0.4) is 0 Å². The summed E-state index contributed by atoms with van der Waals surface area (Å²) in [5.41, 5.74) is 1.31. The van der Waals surface area contributed by atoms with Gasteiger partial charge in [-0.05, 0) is 24.6 Å². The van der Waals surface area contributed by atoms with Crippen LogP contribution < -0.4 is 0 Å². The Hall–Kier alpha value is -1.49. The lowest BCUT2D eigenvalue weighted by Crippen LogP contribution is -1.77. The lowest BCUT2D eigenvalue weighted by molar-refractivity contribution is 0.473. The molecule has 64 valence electrons. The van der Waals surface area contributed by atoms with Gasteiger partial charge in [0.25, 0.3) is 0 Å². The molecule has 0 aliphatic rings. The summed E-state index contributed by atoms with van der Waals surface area (Å²) < 4.78 is 0. The predicted octanol–water partition coefficient (Wildman–Crippen LogP) is 2.60. The molecular formula is C10H13NO. The predicted molar refractivity (Wildman–Crippen MR) is 48.9 cm³/mol. The molecule has 0 unspecified atom stereocenters. The average Bonchev–Trinajstić information content (AvgIpc) is 2.13. The Kier molecular flexibility index (Phi) is 4.55. The fraction of sp³-hybridized carbons (Fsp3) is 0.300. The molecule has 0 aliphatic carbocycles. The van der Waals surface area contributed by atoms with Gasteiger partial charge in [0.05, 0.1) is 5.56 Å². The van der Waals surface area contributed by atoms with Crippen LogP contribution in [-0.2, 0) is 0 Å². The van der Waals surface area contributed by atoms with Crippen molar-refractivity contribution in [2.75, 3.05) is 0 Å². The number of rotatable bonds is 0. The zero-order valence-corrected chi connectivity index (χ0v) is 7.63. The highest BCUT2D eigenvalue weighted by Crippen LogP contribution is 2.15. The first-order valence-corrected chi connectivity index (χ1v) is 3.94. The van der Waals surface area contributed by atoms with Crippen molar-refractivity contribution in [2.24, 2.45) is 0 Å². The average molecular weight is 163 g/mol. The summed E-state index contributed by atoms with van der Waals surface area (Å²) in [6, 6.07) is 6.82. The summed E-state index contributed by atoms with van der Waals surface area (Å²) in [6.07, 6.45) is 0. The molecular weight excluding hydrogens is 150 g/mol. The molecule has 0 heterocycles. The van der Waals surface area contributed by atoms with Gasteiger partial charge in [0.1, 0.15) is 11.8 Å². The van der Waals surface area contributed by atoms with Crippen molar-refractivity contribution >= 4 is 0 Å². The van der Waals surface area contributed by atoms with E-state index in [2.05, 4.69) is 0 Å². The van der Waals surface area contributed by atoms with Gasteiger partial charge >= 0.3 is 0 Å². The van der Waals surface area contributed by atoms with E-state index < -0.39 is 0 Å². The Balaban J connectivity index is 0.000000561. The van der Waals surface area contributed by atoms with E-state index >= 15 is 0 Å². The van der Waals surface area contributed by atoms with Crippen LogP contribution in [0.2, 0.25) is 0 Å². The molecule has 0 amide bonds. The van der Waals surface area contributed by atoms with Crippen molar-refractivity contribution in [3.05, 3.63) is 29.3 Å². The number of hydrogen-bond donors (Lipinski definition) is 1. The maximum absolute atomic E-state index is 9.01. The van der Waals surface area contributed by atoms with Crippen LogP contribution in [0.4, 0.5) is 0 Å². The molecule has 1 N–H and O–H groups in total. The molecule has 0 atom stereocenters. The first-order chi connectivity index (χ1) is 5.74. The quantitative estimate of drug-likeness (QED) is 0.638. The Morgan fingerprint density at radius 2 is 1.92 bits per heavy atom. The number of phenols is 1. The van der Waals surface area contributed by atoms with Crippen LogP contribution in [0.5, 0.6) is 5.75 Å². The molecule has 0 saturated heterocycles. The fourth-order valence-corrected chi connectivity index (χ4v) is 0.739. The molecule has 1 rings (SSSR count). The van der Waals surface area contributed by atoms with Crippen LogP contribution in [0, 0.1) is 18.3 Å². The van der Waals surface area contributed by atoms with E-state index in [1.54, 1.807) is 12.1 Å². The van der Waals surface area contributed by atoms with Crippen LogP contribution >= 0.6 is 0 Å². The topological polar surface area (TPSA) is 44.0 Å². The monoisotopic (exact) mass is 163 g/mol. The molecule has 0 aliphatic heterocycles. The number of aryl methyl sites for hydroxylation is 1. The smallest absolute Gasteiger partial charge is 0.133 e. The minimum atomic E-state index is 0.0492. The first-order valence-electron chi connectivity index (χ1n) is 3.94. The second kappa shape index (κ2) is 5.20. The van der Waals surface area contributed by atoms with Crippen molar-refractivity contribution in [1.29, 1.82) is 5.26 Å². The largest absolute Gasteiger partial charge is 0.507 e. The van der Waals surface area contributed by atoms with E-state index in [0.717, 1.165) is 5.56 Å². The lowest BCUT2D eigenvalue weighted by atomic mass is 10.1. The van der Waals surface area contributed by atoms with Gasteiger partial charge in [-0.25, -0.2) is 0 Å². The van der Waals surface area contributed by atoms with Gasteiger partial charge in [-0.3, -0.25) is 0 Å². The standard InChI is InChI=1S/C8H7NO.C2H6/c1-6-2-3-8(10)7(4-6)5-9;1-2/h2-4,10H,1H3;1-2H3. The molecule has 0 spiro atoms. The van der Waals surface area contributed by atoms with Gasteiger partial charge in [0.2, 0.25) is 0 Å². The molecule has 0 bridgehead atoms. The Morgan fingerprint density at radius 1 is 1.33 bits per heavy atom. The van der Waals surface area contributed by atoms with E-state index in [1.807, 2.05) is 26.8 Å². The zero-order valence-electron chi connectivity index (χ0n) is 7.63. The minimum Gasteiger partial charge on any atom is -0.507 e. The number of phenolic OH excluding ortho intramolecular Hbond substituents is 1. The number of aromatic hydroxyl groups is 1. The molecule has 1 aromatic carbocycles. The second-order valence-electron chi connectivity index (χ2n) is 2.13. The summed E-state index contributed by atoms with van der Waals surface area (Å²) in [4.78, 5) is 0. The van der Waals surface area contributed by atoms with Crippen LogP contribution in [0.15, 0.2) is 18.2 Å². The molecule has 12 heavy (non-hydrogen) atoms. The highest BCUT2D eigenvalue weighted by molar-refractivity contribution is 5.43. The summed E-state index contributed by atoms with van der Waals surface area (Å²) in [5.74, 6) is 0.0492. The SMILES string of the molecule is CC.Cc1ccc(O)c(C#N)c1. The highest BCUT2D eigenvalue weighted by atomic mass is 16.3. The van der Waals surface area contributed by atoms with Crippen molar-refractivity contribution in [1.82, 2.24) is 0 Å². The van der Waals surface area contributed by atoms with E-state index in [0.29, 0.717) is 5.56 Å². The number of hydrogen-bond acceptors (Lipinski definition) is 2. The highest BCUT2D eigenvalue weighted by Gasteiger charge is 1.96. The van der Waals surface area contributed by atoms with Gasteiger partial charge < -0.3 is 5.11 Å². The molecule has 1 aromatic rings. The summed E-state index contributed by atoms with van der Waals surface area (Å²) >= 11 is 0. The first kappa shape index (κ1) is 10.5. The van der Waals surface area contributed by atoms with Gasteiger partial charge in [0, 0.05) is 0 Å². The van der Waals surface area contributed by atoms with Crippen molar-refractivity contribution in [3.8, 4) is 11.8 Å². The van der Waals surface area contributed by atoms with Gasteiger partial charge in [-0.15, -0.1) is 0 Å². The van der Waals surface area contributed by atoms with E-state index in [-0.39, 0.29) is 5.75 Å². The third kappa shape index (κ3) is 2.63. The molecule has 0 saturated carbocycles. The maximum Gasteiger partial charge on any atom is 0.133 e. The number of benzene rings is 1. The molecule has 2 nitrogen and oxygen atoms in total. The summed E-state index contributed by atoms with van der Waals surface area (Å²) in [6.45, 7) is 5.88. The summed E-state index contributed by atoms with van der Waals surface area (Å²) in [5, 5.41) is 17.4. The molecule has 0 aromatic heterocycles. The lowest BCUT2D eigenvalue weighted by Gasteiger charge is -1.94. The second-order valence-corrected chi connectivity index (χ2v) is 2.13. The minimum absolute atomic E-state index is 0.0492. The van der Waals surface area contributed by atoms with E-state index in [1.165, 1.54) is 6.07 Å². The Morgan fingerprint density at radius 3 is 2.33 bits per heavy atom. The molecule has 0 radical (unpaired) electrons. The van der Waals surface area contributed by atoms with Gasteiger partial charge in [-0.1, -0.05) is 19.9 Å². The molecule has 2 heteroatoms. The zero-order chi connectivity index (χ0) is 9.56. The Bertz CT molecular complexity index is 286. The maximum atomic E-state index is 9.01. The van der Waals surface area contributed by atoms with Crippen molar-refractivity contribution in [2.45, 2.75) is 20.8 Å². The van der Waals surface area contributed by atoms with Crippen LogP contribution in [0.25, 0.3) is 0 Å². The van der Waals surface area contributed by atoms with Gasteiger partial charge in [-0.2, -0.15) is 5.26 Å². The van der Waals surface area contributed by atoms with Crippen molar-refractivity contribution < 1.29 is 5.11 Å². The van der Waals surface area contributed by atoms with Gasteiger partial charge in [0.15, 0.2) is 0 Å². The Labute approximate surface area is 73.1 Å². The normalized spacial score (nSPS) is 7.83.